The van der Waals surface area contributed by atoms with E-state index in [1.807, 2.05) is 0 Å². The normalized spacial score (nSPS) is 10.8. The number of hydrazine groups is 1. The quantitative estimate of drug-likeness (QED) is 0.409. The number of pyridine rings is 1. The monoisotopic (exact) mass is 237 g/mol. The van der Waals surface area contributed by atoms with Gasteiger partial charge in [0.15, 0.2) is 0 Å². The molecule has 7 heteroatoms. The summed E-state index contributed by atoms with van der Waals surface area (Å²) in [4.78, 5) is 26.8. The molecule has 2 amide bonds. The molecule has 0 bridgehead atoms. The number of carbonyl (C=O) groups is 2. The molecule has 6 N–H and O–H groups in total. The molecule has 0 radical (unpaired) electrons. The molecule has 0 saturated heterocycles. The van der Waals surface area contributed by atoms with E-state index < -0.39 is 17.4 Å². The van der Waals surface area contributed by atoms with Crippen molar-refractivity contribution >= 4 is 17.5 Å². The second-order valence-corrected chi connectivity index (χ2v) is 4.01. The lowest BCUT2D eigenvalue weighted by molar-refractivity contribution is -0.122. The van der Waals surface area contributed by atoms with Crippen LogP contribution in [0.1, 0.15) is 24.2 Å². The van der Waals surface area contributed by atoms with Crippen molar-refractivity contribution in [1.82, 2.24) is 10.3 Å². The highest BCUT2D eigenvalue weighted by atomic mass is 16.2. The van der Waals surface area contributed by atoms with E-state index in [2.05, 4.69) is 15.7 Å². The zero-order chi connectivity index (χ0) is 13.1. The van der Waals surface area contributed by atoms with Crippen LogP contribution in [0.4, 0.5) is 5.69 Å². The molecular formula is C10H15N5O2. The van der Waals surface area contributed by atoms with Gasteiger partial charge in [0.25, 0.3) is 5.91 Å². The minimum atomic E-state index is -1.13. The van der Waals surface area contributed by atoms with Crippen molar-refractivity contribution in [2.24, 2.45) is 11.6 Å². The lowest BCUT2D eigenvalue weighted by atomic mass is 10.0. The first-order valence-corrected chi connectivity index (χ1v) is 4.91. The van der Waals surface area contributed by atoms with Gasteiger partial charge in [0.05, 0.1) is 17.4 Å². The predicted octanol–water partition coefficient (Wildman–Crippen LogP) is -0.639. The van der Waals surface area contributed by atoms with Crippen molar-refractivity contribution in [3.05, 3.63) is 24.0 Å². The Morgan fingerprint density at radius 1 is 1.41 bits per heavy atom. The molecule has 0 spiro atoms. The molecule has 0 saturated carbocycles. The Morgan fingerprint density at radius 3 is 2.59 bits per heavy atom. The number of aromatic nitrogens is 1. The lowest BCUT2D eigenvalue weighted by Crippen LogP contribution is -2.53. The average molecular weight is 237 g/mol. The molecule has 1 aromatic rings. The zero-order valence-electron chi connectivity index (χ0n) is 9.65. The summed E-state index contributed by atoms with van der Waals surface area (Å²) in [5, 5.41) is 2.51. The fraction of sp³-hybridized carbons (Fsp3) is 0.300. The van der Waals surface area contributed by atoms with Crippen molar-refractivity contribution in [3.63, 3.8) is 0 Å². The van der Waals surface area contributed by atoms with Crippen molar-refractivity contribution in [1.29, 1.82) is 0 Å². The number of hydrogen-bond donors (Lipinski definition) is 4. The number of primary amides is 1. The average Bonchev–Trinajstić information content (AvgIpc) is 2.28. The van der Waals surface area contributed by atoms with Gasteiger partial charge in [-0.1, -0.05) is 0 Å². The molecule has 0 aliphatic heterocycles. The van der Waals surface area contributed by atoms with Gasteiger partial charge in [-0.05, 0) is 19.9 Å². The molecule has 0 aromatic carbocycles. The van der Waals surface area contributed by atoms with Crippen LogP contribution in [-0.4, -0.2) is 22.3 Å². The van der Waals surface area contributed by atoms with Crippen LogP contribution in [0.3, 0.4) is 0 Å². The van der Waals surface area contributed by atoms with E-state index in [1.165, 1.54) is 32.3 Å². The summed E-state index contributed by atoms with van der Waals surface area (Å²) in [6.07, 6.45) is 2.86. The molecule has 7 nitrogen and oxygen atoms in total. The van der Waals surface area contributed by atoms with Gasteiger partial charge in [-0.3, -0.25) is 20.4 Å². The molecule has 0 fully saturated rings. The lowest BCUT2D eigenvalue weighted by Gasteiger charge is -2.22. The maximum Gasteiger partial charge on any atom is 0.254 e. The Hall–Kier alpha value is -2.15. The second-order valence-electron chi connectivity index (χ2n) is 4.01. The van der Waals surface area contributed by atoms with Gasteiger partial charge in [-0.15, -0.1) is 0 Å². The Kier molecular flexibility index (Phi) is 3.64. The summed E-state index contributed by atoms with van der Waals surface area (Å²) in [6.45, 7) is 3.04. The summed E-state index contributed by atoms with van der Waals surface area (Å²) in [5.74, 6) is 4.17. The minimum Gasteiger partial charge on any atom is -0.368 e. The Balaban J connectivity index is 2.94. The van der Waals surface area contributed by atoms with Crippen LogP contribution >= 0.6 is 0 Å². The van der Waals surface area contributed by atoms with Gasteiger partial charge in [0.1, 0.15) is 5.54 Å². The fourth-order valence-electron chi connectivity index (χ4n) is 1.12. The van der Waals surface area contributed by atoms with Crippen LogP contribution in [0.5, 0.6) is 0 Å². The molecular weight excluding hydrogens is 222 g/mol. The molecule has 0 atom stereocenters. The van der Waals surface area contributed by atoms with Crippen LogP contribution in [0.15, 0.2) is 18.5 Å². The van der Waals surface area contributed by atoms with E-state index in [0.717, 1.165) is 0 Å². The van der Waals surface area contributed by atoms with Crippen LogP contribution in [0, 0.1) is 0 Å². The highest BCUT2D eigenvalue weighted by Gasteiger charge is 2.28. The molecule has 1 heterocycles. The van der Waals surface area contributed by atoms with Crippen LogP contribution in [-0.2, 0) is 4.79 Å². The Morgan fingerprint density at radius 2 is 2.06 bits per heavy atom. The van der Waals surface area contributed by atoms with Gasteiger partial charge >= 0.3 is 0 Å². The first-order chi connectivity index (χ1) is 7.88. The summed E-state index contributed by atoms with van der Waals surface area (Å²) >= 11 is 0. The standard InChI is InChI=1S/C10H15N5O2/c1-10(2,9(11)17)14-8(16)6-3-4-13-5-7(6)15-12/h3-5,15H,12H2,1-2H3,(H2,11,17)(H,14,16). The third-order valence-electron chi connectivity index (χ3n) is 2.26. The predicted molar refractivity (Wildman–Crippen MR) is 62.8 cm³/mol. The number of anilines is 1. The van der Waals surface area contributed by atoms with E-state index in [-0.39, 0.29) is 5.56 Å². The maximum atomic E-state index is 11.9. The number of nitrogens with zero attached hydrogens (tertiary/aromatic N) is 1. The highest BCUT2D eigenvalue weighted by molar-refractivity contribution is 6.02. The largest absolute Gasteiger partial charge is 0.368 e. The molecule has 0 unspecified atom stereocenters. The van der Waals surface area contributed by atoms with E-state index in [4.69, 9.17) is 11.6 Å². The van der Waals surface area contributed by atoms with E-state index in [9.17, 15) is 9.59 Å². The maximum absolute atomic E-state index is 11.9. The third-order valence-corrected chi connectivity index (χ3v) is 2.26. The first kappa shape index (κ1) is 12.9. The SMILES string of the molecule is CC(C)(NC(=O)c1ccncc1NN)C(N)=O. The molecule has 0 aliphatic carbocycles. The first-order valence-electron chi connectivity index (χ1n) is 4.91. The summed E-state index contributed by atoms with van der Waals surface area (Å²) in [5.41, 5.74) is 7.03. The number of rotatable bonds is 4. The number of hydrogen-bond acceptors (Lipinski definition) is 5. The molecule has 1 aromatic heterocycles. The topological polar surface area (TPSA) is 123 Å². The van der Waals surface area contributed by atoms with E-state index >= 15 is 0 Å². The van der Waals surface area contributed by atoms with Gasteiger partial charge in [0, 0.05) is 6.20 Å². The van der Waals surface area contributed by atoms with Gasteiger partial charge in [-0.25, -0.2) is 0 Å². The Labute approximate surface area is 98.5 Å². The molecule has 1 rings (SSSR count). The smallest absolute Gasteiger partial charge is 0.254 e. The highest BCUT2D eigenvalue weighted by Crippen LogP contribution is 2.13. The molecule has 0 aliphatic rings. The number of carbonyl (C=O) groups excluding carboxylic acids is 2. The van der Waals surface area contributed by atoms with E-state index in [0.29, 0.717) is 5.69 Å². The second kappa shape index (κ2) is 4.79. The molecule has 17 heavy (non-hydrogen) atoms. The number of nitrogen functional groups attached to an aromatic ring is 1. The summed E-state index contributed by atoms with van der Waals surface area (Å²) in [6, 6.07) is 1.49. The van der Waals surface area contributed by atoms with Crippen molar-refractivity contribution in [2.75, 3.05) is 5.43 Å². The molecule has 92 valence electrons. The third kappa shape index (κ3) is 2.91. The van der Waals surface area contributed by atoms with Crippen molar-refractivity contribution in [2.45, 2.75) is 19.4 Å². The van der Waals surface area contributed by atoms with Gasteiger partial charge in [0.2, 0.25) is 5.91 Å². The van der Waals surface area contributed by atoms with Crippen LogP contribution in [0.2, 0.25) is 0 Å². The zero-order valence-corrected chi connectivity index (χ0v) is 9.65. The Bertz CT molecular complexity index is 444. The fourth-order valence-corrected chi connectivity index (χ4v) is 1.12. The van der Waals surface area contributed by atoms with Gasteiger partial charge < -0.3 is 16.5 Å². The number of nitrogens with two attached hydrogens (primary N) is 2. The summed E-state index contributed by atoms with van der Waals surface area (Å²) in [7, 11) is 0. The van der Waals surface area contributed by atoms with Crippen molar-refractivity contribution < 1.29 is 9.59 Å². The van der Waals surface area contributed by atoms with Crippen LogP contribution in [0.25, 0.3) is 0 Å². The number of nitrogens with one attached hydrogen (secondary N) is 2. The van der Waals surface area contributed by atoms with Crippen molar-refractivity contribution in [3.8, 4) is 0 Å². The van der Waals surface area contributed by atoms with Gasteiger partial charge in [-0.2, -0.15) is 0 Å². The van der Waals surface area contributed by atoms with E-state index in [1.54, 1.807) is 0 Å². The summed E-state index contributed by atoms with van der Waals surface area (Å²) < 4.78 is 0. The minimum absolute atomic E-state index is 0.289. The van der Waals surface area contributed by atoms with Crippen LogP contribution < -0.4 is 22.3 Å². The number of amides is 2.